The second-order valence-electron chi connectivity index (χ2n) is 6.43. The number of anilines is 1. The normalized spacial score (nSPS) is 18.4. The van der Waals surface area contributed by atoms with Crippen molar-refractivity contribution < 1.29 is 4.79 Å². The predicted octanol–water partition coefficient (Wildman–Crippen LogP) is 0.868. The standard InChI is InChI=1S/C19H25N5O/c20-14-17(19(25)22-9-13-23-11-7-21-8-12-23)15-24-10-3-5-16-4-1-2-6-18(16)24/h1-2,4,6,15,21H,3,5,7-13H2,(H,22,25)/b17-15-. The van der Waals surface area contributed by atoms with E-state index in [2.05, 4.69) is 27.7 Å². The second kappa shape index (κ2) is 8.65. The van der Waals surface area contributed by atoms with Crippen LogP contribution in [-0.4, -0.2) is 56.6 Å². The van der Waals surface area contributed by atoms with E-state index in [1.165, 1.54) is 5.56 Å². The molecule has 25 heavy (non-hydrogen) atoms. The number of benzene rings is 1. The van der Waals surface area contributed by atoms with Crippen molar-refractivity contribution >= 4 is 11.6 Å². The molecular formula is C19H25N5O. The molecule has 1 fully saturated rings. The Hall–Kier alpha value is -2.36. The van der Waals surface area contributed by atoms with Crippen molar-refractivity contribution in [1.82, 2.24) is 15.5 Å². The van der Waals surface area contributed by atoms with Crippen molar-refractivity contribution in [1.29, 1.82) is 5.26 Å². The van der Waals surface area contributed by atoms with Crippen LogP contribution in [0.3, 0.4) is 0 Å². The fourth-order valence-electron chi connectivity index (χ4n) is 3.35. The van der Waals surface area contributed by atoms with Gasteiger partial charge in [-0.3, -0.25) is 9.69 Å². The van der Waals surface area contributed by atoms with Gasteiger partial charge in [-0.15, -0.1) is 0 Å². The Labute approximate surface area is 149 Å². The highest BCUT2D eigenvalue weighted by atomic mass is 16.1. The first kappa shape index (κ1) is 17.5. The fraction of sp³-hybridized carbons (Fsp3) is 0.474. The maximum absolute atomic E-state index is 12.3. The zero-order valence-corrected chi connectivity index (χ0v) is 14.5. The highest BCUT2D eigenvalue weighted by Gasteiger charge is 2.18. The fourth-order valence-corrected chi connectivity index (χ4v) is 3.35. The summed E-state index contributed by atoms with van der Waals surface area (Å²) in [4.78, 5) is 16.7. The molecule has 2 aliphatic heterocycles. The van der Waals surface area contributed by atoms with Crippen molar-refractivity contribution in [3.63, 3.8) is 0 Å². The van der Waals surface area contributed by atoms with Crippen molar-refractivity contribution in [3.8, 4) is 6.07 Å². The number of hydrogen-bond acceptors (Lipinski definition) is 5. The van der Waals surface area contributed by atoms with E-state index < -0.39 is 0 Å². The summed E-state index contributed by atoms with van der Waals surface area (Å²) in [7, 11) is 0. The van der Waals surface area contributed by atoms with Crippen molar-refractivity contribution in [2.24, 2.45) is 0 Å². The maximum Gasteiger partial charge on any atom is 0.263 e. The highest BCUT2D eigenvalue weighted by molar-refractivity contribution is 5.97. The average molecular weight is 339 g/mol. The van der Waals surface area contributed by atoms with Gasteiger partial charge < -0.3 is 15.5 Å². The molecule has 3 rings (SSSR count). The van der Waals surface area contributed by atoms with Crippen LogP contribution in [0, 0.1) is 11.3 Å². The zero-order valence-electron chi connectivity index (χ0n) is 14.5. The summed E-state index contributed by atoms with van der Waals surface area (Å²) in [5.41, 5.74) is 2.52. The first-order valence-electron chi connectivity index (χ1n) is 8.95. The number of nitriles is 1. The number of piperazine rings is 1. The van der Waals surface area contributed by atoms with Crippen LogP contribution in [0.25, 0.3) is 0 Å². The van der Waals surface area contributed by atoms with Crippen LogP contribution >= 0.6 is 0 Å². The molecule has 6 nitrogen and oxygen atoms in total. The minimum absolute atomic E-state index is 0.164. The van der Waals surface area contributed by atoms with Gasteiger partial charge in [-0.1, -0.05) is 18.2 Å². The van der Waals surface area contributed by atoms with Gasteiger partial charge in [-0.2, -0.15) is 5.26 Å². The number of carbonyl (C=O) groups excluding carboxylic acids is 1. The molecule has 1 aromatic carbocycles. The summed E-state index contributed by atoms with van der Waals surface area (Å²) in [6.07, 6.45) is 3.76. The number of hydrogen-bond donors (Lipinski definition) is 2. The number of amides is 1. The van der Waals surface area contributed by atoms with E-state index in [4.69, 9.17) is 0 Å². The van der Waals surface area contributed by atoms with Gasteiger partial charge in [0.25, 0.3) is 5.91 Å². The molecule has 0 radical (unpaired) electrons. The van der Waals surface area contributed by atoms with Gasteiger partial charge in [-0.05, 0) is 24.5 Å². The first-order chi connectivity index (χ1) is 12.3. The lowest BCUT2D eigenvalue weighted by molar-refractivity contribution is -0.117. The third kappa shape index (κ3) is 4.59. The monoisotopic (exact) mass is 339 g/mol. The SMILES string of the molecule is N#C/C(=C/N1CCCc2ccccc21)C(=O)NCCN1CCNCC1. The van der Waals surface area contributed by atoms with Gasteiger partial charge in [0.05, 0.1) is 0 Å². The lowest BCUT2D eigenvalue weighted by Crippen LogP contribution is -2.46. The van der Waals surface area contributed by atoms with Crippen LogP contribution in [0.4, 0.5) is 5.69 Å². The summed E-state index contributed by atoms with van der Waals surface area (Å²) in [6, 6.07) is 10.2. The van der Waals surface area contributed by atoms with E-state index in [1.807, 2.05) is 23.1 Å². The molecule has 6 heteroatoms. The van der Waals surface area contributed by atoms with Crippen molar-refractivity contribution in [3.05, 3.63) is 41.6 Å². The first-order valence-corrected chi connectivity index (χ1v) is 8.95. The molecule has 1 saturated heterocycles. The molecule has 2 heterocycles. The van der Waals surface area contributed by atoms with Crippen LogP contribution in [0.5, 0.6) is 0 Å². The molecule has 0 atom stereocenters. The Bertz CT molecular complexity index is 673. The topological polar surface area (TPSA) is 71.4 Å². The Kier molecular flexibility index (Phi) is 6.04. The van der Waals surface area contributed by atoms with Crippen LogP contribution < -0.4 is 15.5 Å². The smallest absolute Gasteiger partial charge is 0.263 e. The average Bonchev–Trinajstić information content (AvgIpc) is 2.67. The number of nitrogens with one attached hydrogen (secondary N) is 2. The molecule has 132 valence electrons. The molecule has 0 bridgehead atoms. The minimum Gasteiger partial charge on any atom is -0.350 e. The zero-order chi connectivity index (χ0) is 17.5. The second-order valence-corrected chi connectivity index (χ2v) is 6.43. The van der Waals surface area contributed by atoms with E-state index in [9.17, 15) is 10.1 Å². The third-order valence-electron chi connectivity index (χ3n) is 4.72. The maximum atomic E-state index is 12.3. The summed E-state index contributed by atoms with van der Waals surface area (Å²) in [5, 5.41) is 15.6. The number of nitrogens with zero attached hydrogens (tertiary/aromatic N) is 3. The molecule has 1 aromatic rings. The van der Waals surface area contributed by atoms with Crippen LogP contribution in [0.1, 0.15) is 12.0 Å². The van der Waals surface area contributed by atoms with Crippen molar-refractivity contribution in [2.75, 3.05) is 50.7 Å². The molecular weight excluding hydrogens is 314 g/mol. The van der Waals surface area contributed by atoms with E-state index in [0.717, 1.165) is 57.8 Å². The summed E-state index contributed by atoms with van der Waals surface area (Å²) >= 11 is 0. The largest absolute Gasteiger partial charge is 0.350 e. The molecule has 2 aliphatic rings. The number of aryl methyl sites for hydroxylation is 1. The van der Waals surface area contributed by atoms with E-state index >= 15 is 0 Å². The number of rotatable bonds is 5. The Morgan fingerprint density at radius 2 is 2.08 bits per heavy atom. The van der Waals surface area contributed by atoms with Crippen LogP contribution in [0.15, 0.2) is 36.0 Å². The van der Waals surface area contributed by atoms with Crippen LogP contribution in [-0.2, 0) is 11.2 Å². The lowest BCUT2D eigenvalue weighted by atomic mass is 10.0. The Balaban J connectivity index is 1.59. The molecule has 2 N–H and O–H groups in total. The van der Waals surface area contributed by atoms with Gasteiger partial charge in [0, 0.05) is 57.7 Å². The quantitative estimate of drug-likeness (QED) is 0.615. The Morgan fingerprint density at radius 3 is 2.88 bits per heavy atom. The van der Waals surface area contributed by atoms with Gasteiger partial charge in [0.15, 0.2) is 0 Å². The third-order valence-corrected chi connectivity index (χ3v) is 4.72. The molecule has 0 saturated carbocycles. The summed E-state index contributed by atoms with van der Waals surface area (Å²) in [6.45, 7) is 6.20. The summed E-state index contributed by atoms with van der Waals surface area (Å²) < 4.78 is 0. The van der Waals surface area contributed by atoms with E-state index in [0.29, 0.717) is 6.54 Å². The van der Waals surface area contributed by atoms with Gasteiger partial charge in [0.1, 0.15) is 11.6 Å². The van der Waals surface area contributed by atoms with E-state index in [-0.39, 0.29) is 11.5 Å². The Morgan fingerprint density at radius 1 is 1.28 bits per heavy atom. The number of carbonyl (C=O) groups is 1. The molecule has 0 spiro atoms. The van der Waals surface area contributed by atoms with Gasteiger partial charge in [0.2, 0.25) is 0 Å². The molecule has 0 unspecified atom stereocenters. The highest BCUT2D eigenvalue weighted by Crippen LogP contribution is 2.27. The van der Waals surface area contributed by atoms with E-state index in [1.54, 1.807) is 6.20 Å². The predicted molar refractivity (Wildman–Crippen MR) is 98.1 cm³/mol. The lowest BCUT2D eigenvalue weighted by Gasteiger charge is -2.28. The molecule has 1 amide bonds. The number of fused-ring (bicyclic) bond motifs is 1. The van der Waals surface area contributed by atoms with Gasteiger partial charge >= 0.3 is 0 Å². The van der Waals surface area contributed by atoms with Crippen molar-refractivity contribution in [2.45, 2.75) is 12.8 Å². The molecule has 0 aromatic heterocycles. The molecule has 0 aliphatic carbocycles. The number of para-hydroxylation sites is 1. The minimum atomic E-state index is -0.291. The van der Waals surface area contributed by atoms with Gasteiger partial charge in [-0.25, -0.2) is 0 Å². The van der Waals surface area contributed by atoms with Crippen LogP contribution in [0.2, 0.25) is 0 Å². The summed E-state index contributed by atoms with van der Waals surface area (Å²) in [5.74, 6) is -0.291.